The molecule has 100 valence electrons. The topological polar surface area (TPSA) is 69.6 Å². The summed E-state index contributed by atoms with van der Waals surface area (Å²) < 4.78 is 0. The van der Waals surface area contributed by atoms with Crippen LogP contribution in [-0.2, 0) is 4.79 Å². The summed E-state index contributed by atoms with van der Waals surface area (Å²) in [4.78, 5) is 12.2. The van der Waals surface area contributed by atoms with Gasteiger partial charge in [0.15, 0.2) is 5.78 Å². The third-order valence-electron chi connectivity index (χ3n) is 3.04. The maximum absolute atomic E-state index is 11.9. The van der Waals surface area contributed by atoms with Crippen LogP contribution in [0.5, 0.6) is 0 Å². The molecule has 0 saturated carbocycles. The van der Waals surface area contributed by atoms with Crippen molar-refractivity contribution in [3.05, 3.63) is 41.7 Å². The second-order valence-electron chi connectivity index (χ2n) is 4.52. The monoisotopic (exact) mass is 277 g/mol. The number of allylic oxidation sites excluding steroid dienone is 1. The molecule has 0 amide bonds. The zero-order valence-corrected chi connectivity index (χ0v) is 11.1. The number of anilines is 1. The van der Waals surface area contributed by atoms with E-state index < -0.39 is 0 Å². The quantitative estimate of drug-likeness (QED) is 0.739. The maximum atomic E-state index is 11.9. The Bertz CT molecular complexity index is 525. The van der Waals surface area contributed by atoms with Crippen LogP contribution in [0.4, 0.5) is 5.69 Å². The number of benzene rings is 1. The third-order valence-corrected chi connectivity index (χ3v) is 3.35. The van der Waals surface area contributed by atoms with Crippen LogP contribution in [0.1, 0.15) is 12.8 Å². The standard InChI is InChI=1S/C14H15NO3S/c16-8-9-6-11(17)13(12(18)7-9)14(19)15-10-4-2-1-3-5-10/h1-5,9,16-17H,6-8H2,(H,15,19). The molecule has 1 unspecified atom stereocenters. The lowest BCUT2D eigenvalue weighted by molar-refractivity contribution is -0.117. The lowest BCUT2D eigenvalue weighted by Crippen LogP contribution is -2.28. The average Bonchev–Trinajstić information content (AvgIpc) is 2.38. The van der Waals surface area contributed by atoms with Crippen LogP contribution in [-0.4, -0.2) is 27.6 Å². The fourth-order valence-corrected chi connectivity index (χ4v) is 2.42. The van der Waals surface area contributed by atoms with Gasteiger partial charge in [-0.3, -0.25) is 4.79 Å². The molecule has 1 aromatic carbocycles. The Morgan fingerprint density at radius 2 is 2.00 bits per heavy atom. The molecule has 19 heavy (non-hydrogen) atoms. The number of hydrogen-bond donors (Lipinski definition) is 3. The highest BCUT2D eigenvalue weighted by Crippen LogP contribution is 2.26. The normalized spacial score (nSPS) is 19.4. The Balaban J connectivity index is 2.17. The molecule has 0 radical (unpaired) electrons. The van der Waals surface area contributed by atoms with Crippen molar-refractivity contribution in [3.63, 3.8) is 0 Å². The van der Waals surface area contributed by atoms with Crippen molar-refractivity contribution in [3.8, 4) is 0 Å². The van der Waals surface area contributed by atoms with Crippen molar-refractivity contribution in [2.45, 2.75) is 12.8 Å². The van der Waals surface area contributed by atoms with Gasteiger partial charge in [0.05, 0.1) is 5.57 Å². The Hall–Kier alpha value is -1.72. The molecule has 0 bridgehead atoms. The van der Waals surface area contributed by atoms with Gasteiger partial charge in [-0.1, -0.05) is 30.4 Å². The van der Waals surface area contributed by atoms with Crippen LogP contribution >= 0.6 is 12.2 Å². The second kappa shape index (κ2) is 5.95. The molecule has 1 atom stereocenters. The van der Waals surface area contributed by atoms with E-state index in [0.29, 0.717) is 0 Å². The minimum Gasteiger partial charge on any atom is -0.511 e. The van der Waals surface area contributed by atoms with E-state index >= 15 is 0 Å². The zero-order valence-electron chi connectivity index (χ0n) is 10.3. The second-order valence-corrected chi connectivity index (χ2v) is 4.93. The largest absolute Gasteiger partial charge is 0.511 e. The van der Waals surface area contributed by atoms with E-state index in [-0.39, 0.29) is 47.5 Å². The highest BCUT2D eigenvalue weighted by molar-refractivity contribution is 7.81. The zero-order chi connectivity index (χ0) is 13.8. The van der Waals surface area contributed by atoms with Crippen LogP contribution < -0.4 is 5.32 Å². The molecule has 0 heterocycles. The van der Waals surface area contributed by atoms with E-state index in [1.54, 1.807) is 0 Å². The summed E-state index contributed by atoms with van der Waals surface area (Å²) in [7, 11) is 0. The summed E-state index contributed by atoms with van der Waals surface area (Å²) in [6, 6.07) is 9.23. The van der Waals surface area contributed by atoms with Gasteiger partial charge in [-0.2, -0.15) is 0 Å². The van der Waals surface area contributed by atoms with Crippen LogP contribution in [0.25, 0.3) is 0 Å². The summed E-state index contributed by atoms with van der Waals surface area (Å²) in [6.45, 7) is -0.109. The van der Waals surface area contributed by atoms with Crippen molar-refractivity contribution >= 4 is 28.7 Å². The molecule has 1 aliphatic carbocycles. The van der Waals surface area contributed by atoms with E-state index in [2.05, 4.69) is 5.32 Å². The third kappa shape index (κ3) is 3.19. The van der Waals surface area contributed by atoms with Gasteiger partial charge in [0, 0.05) is 25.1 Å². The molecule has 0 aromatic heterocycles. The molecule has 1 aromatic rings. The molecule has 5 heteroatoms. The van der Waals surface area contributed by atoms with Gasteiger partial charge >= 0.3 is 0 Å². The molecule has 0 aliphatic heterocycles. The molecule has 1 aliphatic rings. The summed E-state index contributed by atoms with van der Waals surface area (Å²) in [5.41, 5.74) is 0.938. The highest BCUT2D eigenvalue weighted by atomic mass is 32.1. The predicted octanol–water partition coefficient (Wildman–Crippen LogP) is 2.21. The number of aliphatic hydroxyl groups is 2. The van der Waals surface area contributed by atoms with Crippen LogP contribution in [0.15, 0.2) is 41.7 Å². The lowest BCUT2D eigenvalue weighted by atomic mass is 9.87. The van der Waals surface area contributed by atoms with Gasteiger partial charge in [0.1, 0.15) is 10.7 Å². The molecular formula is C14H15NO3S. The molecule has 0 saturated heterocycles. The number of carbonyl (C=O) groups is 1. The minimum atomic E-state index is -0.226. The van der Waals surface area contributed by atoms with E-state index in [4.69, 9.17) is 17.3 Å². The maximum Gasteiger partial charge on any atom is 0.169 e. The number of carbonyl (C=O) groups excluding carboxylic acids is 1. The van der Waals surface area contributed by atoms with Crippen molar-refractivity contribution in [1.82, 2.24) is 0 Å². The Morgan fingerprint density at radius 3 is 2.58 bits per heavy atom. The number of aliphatic hydroxyl groups excluding tert-OH is 2. The number of rotatable bonds is 3. The Kier molecular flexibility index (Phi) is 4.29. The molecule has 0 spiro atoms. The number of Topliss-reactive ketones (excluding diaryl/α,β-unsaturated/α-hetero) is 1. The first-order valence-corrected chi connectivity index (χ1v) is 6.45. The van der Waals surface area contributed by atoms with Crippen molar-refractivity contribution < 1.29 is 15.0 Å². The molecular weight excluding hydrogens is 262 g/mol. The molecule has 3 N–H and O–H groups in total. The predicted molar refractivity (Wildman–Crippen MR) is 77.1 cm³/mol. The Morgan fingerprint density at radius 1 is 1.32 bits per heavy atom. The first-order valence-electron chi connectivity index (χ1n) is 6.04. The fourth-order valence-electron chi connectivity index (χ4n) is 2.07. The van der Waals surface area contributed by atoms with E-state index in [0.717, 1.165) is 5.69 Å². The van der Waals surface area contributed by atoms with Crippen molar-refractivity contribution in [2.24, 2.45) is 5.92 Å². The Labute approximate surface area is 116 Å². The van der Waals surface area contributed by atoms with Gasteiger partial charge in [-0.25, -0.2) is 0 Å². The number of nitrogens with one attached hydrogen (secondary N) is 1. The minimum absolute atomic E-state index is 0.0382. The average molecular weight is 277 g/mol. The first-order chi connectivity index (χ1) is 9.11. The van der Waals surface area contributed by atoms with Crippen LogP contribution in [0, 0.1) is 5.92 Å². The van der Waals surface area contributed by atoms with Crippen molar-refractivity contribution in [1.29, 1.82) is 0 Å². The van der Waals surface area contributed by atoms with Gasteiger partial charge in [0.25, 0.3) is 0 Å². The SMILES string of the molecule is O=C1CC(CO)CC(O)=C1C(=S)Nc1ccccc1. The number of para-hydroxylation sites is 1. The summed E-state index contributed by atoms with van der Waals surface area (Å²) in [5, 5.41) is 21.9. The van der Waals surface area contributed by atoms with E-state index in [1.165, 1.54) is 0 Å². The van der Waals surface area contributed by atoms with Gasteiger partial charge in [-0.15, -0.1) is 0 Å². The van der Waals surface area contributed by atoms with E-state index in [9.17, 15) is 9.90 Å². The first kappa shape index (κ1) is 13.7. The van der Waals surface area contributed by atoms with E-state index in [1.807, 2.05) is 30.3 Å². The number of thiocarbonyl (C=S) groups is 1. The molecule has 4 nitrogen and oxygen atoms in total. The number of ketones is 1. The highest BCUT2D eigenvalue weighted by Gasteiger charge is 2.29. The van der Waals surface area contributed by atoms with Gasteiger partial charge < -0.3 is 15.5 Å². The summed E-state index contributed by atoms with van der Waals surface area (Å²) in [5.74, 6) is -0.476. The van der Waals surface area contributed by atoms with Crippen LogP contribution in [0.2, 0.25) is 0 Å². The van der Waals surface area contributed by atoms with Crippen molar-refractivity contribution in [2.75, 3.05) is 11.9 Å². The molecule has 0 fully saturated rings. The van der Waals surface area contributed by atoms with Gasteiger partial charge in [0.2, 0.25) is 0 Å². The van der Waals surface area contributed by atoms with Crippen LogP contribution in [0.3, 0.4) is 0 Å². The fraction of sp³-hybridized carbons (Fsp3) is 0.286. The smallest absolute Gasteiger partial charge is 0.169 e. The lowest BCUT2D eigenvalue weighted by Gasteiger charge is -2.22. The number of hydrogen-bond acceptors (Lipinski definition) is 4. The van der Waals surface area contributed by atoms with Gasteiger partial charge in [-0.05, 0) is 18.1 Å². The molecule has 2 rings (SSSR count). The summed E-state index contributed by atoms with van der Waals surface area (Å²) in [6.07, 6.45) is 0.501. The summed E-state index contributed by atoms with van der Waals surface area (Å²) >= 11 is 5.17.